The Kier molecular flexibility index (Phi) is 4.26. The van der Waals surface area contributed by atoms with Gasteiger partial charge in [0.1, 0.15) is 5.01 Å². The molecule has 2 N–H and O–H groups in total. The van der Waals surface area contributed by atoms with Crippen LogP contribution in [0.5, 0.6) is 0 Å². The van der Waals surface area contributed by atoms with Crippen molar-refractivity contribution in [2.45, 2.75) is 20.3 Å². The van der Waals surface area contributed by atoms with Gasteiger partial charge in [-0.25, -0.2) is 4.98 Å². The van der Waals surface area contributed by atoms with E-state index >= 15 is 0 Å². The number of hydrogen-bond acceptors (Lipinski definition) is 3. The van der Waals surface area contributed by atoms with Crippen molar-refractivity contribution in [3.8, 4) is 21.7 Å². The minimum absolute atomic E-state index is 0.176. The van der Waals surface area contributed by atoms with Crippen LogP contribution in [0.15, 0.2) is 48.5 Å². The van der Waals surface area contributed by atoms with E-state index in [-0.39, 0.29) is 12.3 Å². The first kappa shape index (κ1) is 15.4. The van der Waals surface area contributed by atoms with Gasteiger partial charge in [-0.3, -0.25) is 4.79 Å². The second-order valence-corrected chi connectivity index (χ2v) is 6.74. The number of carbonyl (C=O) groups excluding carboxylic acids is 1. The van der Waals surface area contributed by atoms with Gasteiger partial charge < -0.3 is 5.73 Å². The zero-order chi connectivity index (χ0) is 16.4. The van der Waals surface area contributed by atoms with Crippen LogP contribution in [0.1, 0.15) is 16.1 Å². The number of hydrogen-bond donors (Lipinski definition) is 1. The van der Waals surface area contributed by atoms with Crippen molar-refractivity contribution in [3.63, 3.8) is 0 Å². The van der Waals surface area contributed by atoms with Gasteiger partial charge in [-0.1, -0.05) is 59.7 Å². The first-order chi connectivity index (χ1) is 11.0. The molecule has 0 unspecified atom stereocenters. The van der Waals surface area contributed by atoms with E-state index in [0.29, 0.717) is 0 Å². The zero-order valence-electron chi connectivity index (χ0n) is 13.2. The molecule has 3 nitrogen and oxygen atoms in total. The van der Waals surface area contributed by atoms with Crippen LogP contribution in [0.3, 0.4) is 0 Å². The predicted molar refractivity (Wildman–Crippen MR) is 95.4 cm³/mol. The maximum atomic E-state index is 11.2. The van der Waals surface area contributed by atoms with Crippen LogP contribution in [0.25, 0.3) is 21.7 Å². The van der Waals surface area contributed by atoms with Gasteiger partial charge in [-0.05, 0) is 19.4 Å². The average Bonchev–Trinajstić information content (AvgIpc) is 2.91. The van der Waals surface area contributed by atoms with Crippen LogP contribution in [0, 0.1) is 13.8 Å². The van der Waals surface area contributed by atoms with Crippen molar-refractivity contribution in [1.29, 1.82) is 0 Å². The van der Waals surface area contributed by atoms with Gasteiger partial charge in [0.2, 0.25) is 5.91 Å². The third-order valence-electron chi connectivity index (χ3n) is 3.64. The molecule has 0 saturated carbocycles. The maximum absolute atomic E-state index is 11.2. The number of primary amides is 1. The molecule has 3 aromatic rings. The fourth-order valence-corrected chi connectivity index (χ4v) is 3.50. The van der Waals surface area contributed by atoms with Gasteiger partial charge in [0.05, 0.1) is 17.0 Å². The van der Waals surface area contributed by atoms with Crippen molar-refractivity contribution in [2.75, 3.05) is 0 Å². The molecule has 1 aromatic heterocycles. The number of rotatable bonds is 4. The fourth-order valence-electron chi connectivity index (χ4n) is 2.40. The summed E-state index contributed by atoms with van der Waals surface area (Å²) in [6.45, 7) is 4.13. The molecule has 23 heavy (non-hydrogen) atoms. The Hall–Kier alpha value is -2.46. The molecule has 0 radical (unpaired) electrons. The number of nitrogens with two attached hydrogens (primary N) is 1. The number of carbonyl (C=O) groups is 1. The van der Waals surface area contributed by atoms with Crippen LogP contribution < -0.4 is 5.73 Å². The summed E-state index contributed by atoms with van der Waals surface area (Å²) in [5.41, 5.74) is 10.8. The molecule has 2 aromatic carbocycles. The minimum Gasteiger partial charge on any atom is -0.369 e. The van der Waals surface area contributed by atoms with Crippen LogP contribution >= 0.6 is 11.3 Å². The highest BCUT2D eigenvalue weighted by Crippen LogP contribution is 2.37. The normalized spacial score (nSPS) is 10.7. The third kappa shape index (κ3) is 3.48. The lowest BCUT2D eigenvalue weighted by atomic mass is 10.0. The van der Waals surface area contributed by atoms with E-state index in [1.165, 1.54) is 22.5 Å². The predicted octanol–water partition coefficient (Wildman–Crippen LogP) is 4.12. The summed E-state index contributed by atoms with van der Waals surface area (Å²) in [5.74, 6) is -0.357. The second kappa shape index (κ2) is 6.34. The van der Waals surface area contributed by atoms with Gasteiger partial charge in [0.25, 0.3) is 0 Å². The second-order valence-electron chi connectivity index (χ2n) is 5.66. The van der Waals surface area contributed by atoms with Crippen molar-refractivity contribution in [1.82, 2.24) is 4.98 Å². The molecular weight excluding hydrogens is 304 g/mol. The van der Waals surface area contributed by atoms with Crippen LogP contribution in [0.4, 0.5) is 0 Å². The number of nitrogens with zero attached hydrogens (tertiary/aromatic N) is 1. The number of aryl methyl sites for hydroxylation is 2. The van der Waals surface area contributed by atoms with Gasteiger partial charge in [-0.15, -0.1) is 11.3 Å². The third-order valence-corrected chi connectivity index (χ3v) is 4.74. The zero-order valence-corrected chi connectivity index (χ0v) is 14.0. The van der Waals surface area contributed by atoms with Gasteiger partial charge in [-0.2, -0.15) is 0 Å². The van der Waals surface area contributed by atoms with Crippen molar-refractivity contribution in [3.05, 3.63) is 64.7 Å². The van der Waals surface area contributed by atoms with Crippen molar-refractivity contribution >= 4 is 17.2 Å². The van der Waals surface area contributed by atoms with E-state index in [1.54, 1.807) is 0 Å². The molecule has 0 aliphatic carbocycles. The maximum Gasteiger partial charge on any atom is 0.224 e. The van der Waals surface area contributed by atoms with E-state index in [2.05, 4.69) is 67.4 Å². The topological polar surface area (TPSA) is 56.0 Å². The Bertz CT molecular complexity index is 770. The van der Waals surface area contributed by atoms with Crippen LogP contribution in [-0.4, -0.2) is 10.9 Å². The fraction of sp³-hybridized carbons (Fsp3) is 0.158. The highest BCUT2D eigenvalue weighted by atomic mass is 32.1. The summed E-state index contributed by atoms with van der Waals surface area (Å²) in [7, 11) is 0. The summed E-state index contributed by atoms with van der Waals surface area (Å²) < 4.78 is 0. The molecule has 1 amide bonds. The smallest absolute Gasteiger partial charge is 0.224 e. The molecular formula is C19H18N2OS. The summed E-state index contributed by atoms with van der Waals surface area (Å²) >= 11 is 1.53. The summed E-state index contributed by atoms with van der Waals surface area (Å²) in [6, 6.07) is 16.6. The Morgan fingerprint density at radius 3 is 2.00 bits per heavy atom. The number of amides is 1. The van der Waals surface area contributed by atoms with E-state index in [1.807, 2.05) is 0 Å². The summed E-state index contributed by atoms with van der Waals surface area (Å²) in [5, 5.41) is 0.753. The molecule has 1 heterocycles. The largest absolute Gasteiger partial charge is 0.369 e. The molecule has 116 valence electrons. The van der Waals surface area contributed by atoms with Crippen LogP contribution in [-0.2, 0) is 11.2 Å². The van der Waals surface area contributed by atoms with Crippen molar-refractivity contribution < 1.29 is 4.79 Å². The first-order valence-corrected chi connectivity index (χ1v) is 8.26. The molecule has 0 saturated heterocycles. The molecule has 0 bridgehead atoms. The molecule has 3 rings (SSSR count). The number of benzene rings is 2. The molecule has 0 atom stereocenters. The highest BCUT2D eigenvalue weighted by Gasteiger charge is 2.16. The lowest BCUT2D eigenvalue weighted by molar-refractivity contribution is -0.117. The lowest BCUT2D eigenvalue weighted by Gasteiger charge is -2.04. The van der Waals surface area contributed by atoms with Gasteiger partial charge in [0.15, 0.2) is 0 Å². The van der Waals surface area contributed by atoms with Crippen molar-refractivity contribution in [2.24, 2.45) is 5.73 Å². The average molecular weight is 322 g/mol. The Morgan fingerprint density at radius 1 is 0.957 bits per heavy atom. The Balaban J connectivity index is 2.12. The minimum atomic E-state index is -0.357. The van der Waals surface area contributed by atoms with E-state index < -0.39 is 0 Å². The Morgan fingerprint density at radius 2 is 1.48 bits per heavy atom. The molecule has 4 heteroatoms. The molecule has 0 spiro atoms. The van der Waals surface area contributed by atoms with E-state index in [9.17, 15) is 4.79 Å². The number of thiazole rings is 1. The van der Waals surface area contributed by atoms with Crippen LogP contribution in [0.2, 0.25) is 0 Å². The quantitative estimate of drug-likeness (QED) is 0.785. The molecule has 0 fully saturated rings. The summed E-state index contributed by atoms with van der Waals surface area (Å²) in [4.78, 5) is 17.0. The highest BCUT2D eigenvalue weighted by molar-refractivity contribution is 7.15. The van der Waals surface area contributed by atoms with Gasteiger partial charge in [0, 0.05) is 5.56 Å². The van der Waals surface area contributed by atoms with E-state index in [4.69, 9.17) is 5.73 Å². The Labute approximate surface area is 139 Å². The van der Waals surface area contributed by atoms with Gasteiger partial charge >= 0.3 is 0 Å². The standard InChI is InChI=1S/C19H18N2OS/c1-12-3-7-14(8-4-12)18-19(15-9-5-13(2)6-10-15)23-17(21-18)11-16(20)22/h3-10H,11H2,1-2H3,(H2,20,22). The SMILES string of the molecule is Cc1ccc(-c2nc(CC(N)=O)sc2-c2ccc(C)cc2)cc1. The summed E-state index contributed by atoms with van der Waals surface area (Å²) in [6.07, 6.45) is 0.176. The first-order valence-electron chi connectivity index (χ1n) is 7.45. The molecule has 0 aliphatic heterocycles. The monoisotopic (exact) mass is 322 g/mol. The molecule has 0 aliphatic rings. The lowest BCUT2D eigenvalue weighted by Crippen LogP contribution is -2.13. The number of aromatic nitrogens is 1. The van der Waals surface area contributed by atoms with E-state index in [0.717, 1.165) is 26.7 Å².